The number of rotatable bonds is 7. The second-order valence-corrected chi connectivity index (χ2v) is 8.32. The Morgan fingerprint density at radius 2 is 1.86 bits per heavy atom. The number of fused-ring (bicyclic) bond motifs is 1. The maximum Gasteiger partial charge on any atom is 0.419 e. The van der Waals surface area contributed by atoms with Gasteiger partial charge in [-0.1, -0.05) is 0 Å². The van der Waals surface area contributed by atoms with Gasteiger partial charge in [0.25, 0.3) is 5.91 Å². The summed E-state index contributed by atoms with van der Waals surface area (Å²) in [7, 11) is 3.85. The second kappa shape index (κ2) is 9.07. The van der Waals surface area contributed by atoms with Gasteiger partial charge in [0.05, 0.1) is 17.4 Å². The zero-order valence-electron chi connectivity index (χ0n) is 19.2. The van der Waals surface area contributed by atoms with Gasteiger partial charge in [0.2, 0.25) is 0 Å². The van der Waals surface area contributed by atoms with Crippen LogP contribution in [0.4, 0.5) is 10.1 Å². The van der Waals surface area contributed by atoms with Crippen LogP contribution in [-0.2, 0) is 6.54 Å². The van der Waals surface area contributed by atoms with Crippen LogP contribution in [0.1, 0.15) is 10.4 Å². The number of nitrogens with zero attached hydrogens (tertiary/aromatic N) is 5. The van der Waals surface area contributed by atoms with Crippen molar-refractivity contribution >= 4 is 22.7 Å². The maximum absolute atomic E-state index is 13.5. The lowest BCUT2D eigenvalue weighted by molar-refractivity contribution is 0.102. The molecule has 178 valence electrons. The van der Waals surface area contributed by atoms with Gasteiger partial charge in [0.1, 0.15) is 11.4 Å². The van der Waals surface area contributed by atoms with Crippen LogP contribution in [0, 0.1) is 5.82 Å². The standard InChI is InChI=1S/C25H23FN6O3/c1-29(2)13-14-31-21-15-18(7-10-22(21)35-25(31)34)28-23(33)20-16-27-32(19-8-5-17(26)6-9-19)24(20)30-11-3-4-12-30/h3-12,15-16H,13-14H2,1-2H3,(H,28,33). The van der Waals surface area contributed by atoms with Crippen LogP contribution in [0.2, 0.25) is 0 Å². The van der Waals surface area contributed by atoms with Crippen LogP contribution in [0.15, 0.2) is 82.4 Å². The number of anilines is 1. The molecule has 9 nitrogen and oxygen atoms in total. The van der Waals surface area contributed by atoms with Crippen LogP contribution < -0.4 is 11.1 Å². The van der Waals surface area contributed by atoms with Crippen LogP contribution in [0.5, 0.6) is 0 Å². The number of likely N-dealkylation sites (N-methyl/N-ethyl adjacent to an activating group) is 1. The van der Waals surface area contributed by atoms with Crippen molar-refractivity contribution < 1.29 is 13.6 Å². The summed E-state index contributed by atoms with van der Waals surface area (Å²) in [4.78, 5) is 27.6. The Kier molecular flexibility index (Phi) is 5.79. The molecule has 0 bridgehead atoms. The molecule has 0 radical (unpaired) electrons. The van der Waals surface area contributed by atoms with Gasteiger partial charge < -0.3 is 19.2 Å². The van der Waals surface area contributed by atoms with Gasteiger partial charge in [-0.2, -0.15) is 5.10 Å². The molecule has 3 heterocycles. The van der Waals surface area contributed by atoms with Gasteiger partial charge in [-0.05, 0) is 68.7 Å². The van der Waals surface area contributed by atoms with Gasteiger partial charge in [0.15, 0.2) is 11.4 Å². The predicted octanol–water partition coefficient (Wildman–Crippen LogP) is 3.52. The Hall–Kier alpha value is -4.44. The highest BCUT2D eigenvalue weighted by molar-refractivity contribution is 6.07. The quantitative estimate of drug-likeness (QED) is 0.390. The molecule has 0 fully saturated rings. The van der Waals surface area contributed by atoms with Gasteiger partial charge in [0, 0.05) is 31.2 Å². The number of aromatic nitrogens is 4. The van der Waals surface area contributed by atoms with Crippen LogP contribution in [-0.4, -0.2) is 50.4 Å². The molecule has 0 aliphatic carbocycles. The minimum Gasteiger partial charge on any atom is -0.408 e. The lowest BCUT2D eigenvalue weighted by Gasteiger charge is -2.12. The third-order valence-electron chi connectivity index (χ3n) is 5.60. The summed E-state index contributed by atoms with van der Waals surface area (Å²) in [6.45, 7) is 1.12. The van der Waals surface area contributed by atoms with Crippen molar-refractivity contribution in [1.29, 1.82) is 0 Å². The van der Waals surface area contributed by atoms with E-state index in [1.165, 1.54) is 18.3 Å². The topological polar surface area (TPSA) is 90.2 Å². The van der Waals surface area contributed by atoms with Crippen molar-refractivity contribution in [2.24, 2.45) is 0 Å². The highest BCUT2D eigenvalue weighted by Crippen LogP contribution is 2.23. The number of benzene rings is 2. The Morgan fingerprint density at radius 1 is 1.11 bits per heavy atom. The van der Waals surface area contributed by atoms with Gasteiger partial charge in [-0.15, -0.1) is 0 Å². The molecule has 0 unspecified atom stereocenters. The molecule has 3 aromatic heterocycles. The minimum absolute atomic E-state index is 0.322. The molecule has 5 rings (SSSR count). The lowest BCUT2D eigenvalue weighted by atomic mass is 10.2. The van der Waals surface area contributed by atoms with Crippen LogP contribution >= 0.6 is 0 Å². The number of hydrogen-bond acceptors (Lipinski definition) is 5. The Labute approximate surface area is 199 Å². The maximum atomic E-state index is 13.5. The van der Waals surface area contributed by atoms with Crippen molar-refractivity contribution in [2.45, 2.75) is 6.54 Å². The summed E-state index contributed by atoms with van der Waals surface area (Å²) >= 11 is 0. The molecule has 1 N–H and O–H groups in total. The van der Waals surface area contributed by atoms with Crippen molar-refractivity contribution in [3.05, 3.63) is 95.1 Å². The molecule has 0 aliphatic heterocycles. The molecule has 1 amide bonds. The summed E-state index contributed by atoms with van der Waals surface area (Å²) in [5.74, 6) is -0.681. The fraction of sp³-hybridized carbons (Fsp3) is 0.160. The smallest absolute Gasteiger partial charge is 0.408 e. The van der Waals surface area contributed by atoms with E-state index in [-0.39, 0.29) is 11.7 Å². The number of carbonyl (C=O) groups excluding carboxylic acids is 1. The third kappa shape index (κ3) is 4.38. The van der Waals surface area contributed by atoms with E-state index >= 15 is 0 Å². The van der Waals surface area contributed by atoms with E-state index in [2.05, 4.69) is 10.4 Å². The molecule has 2 aromatic carbocycles. The first-order chi connectivity index (χ1) is 16.9. The molecule has 0 saturated carbocycles. The predicted molar refractivity (Wildman–Crippen MR) is 130 cm³/mol. The van der Waals surface area contributed by atoms with Crippen LogP contribution in [0.3, 0.4) is 0 Å². The average Bonchev–Trinajstić information content (AvgIpc) is 3.56. The average molecular weight is 474 g/mol. The lowest BCUT2D eigenvalue weighted by Crippen LogP contribution is -2.23. The summed E-state index contributed by atoms with van der Waals surface area (Å²) in [6.07, 6.45) is 5.07. The molecule has 0 atom stereocenters. The number of hydrogen-bond donors (Lipinski definition) is 1. The number of carbonyl (C=O) groups is 1. The van der Waals surface area contributed by atoms with Crippen LogP contribution in [0.25, 0.3) is 22.6 Å². The number of oxazole rings is 1. The van der Waals surface area contributed by atoms with E-state index in [1.807, 2.05) is 31.1 Å². The van der Waals surface area contributed by atoms with Crippen molar-refractivity contribution in [3.8, 4) is 11.5 Å². The number of nitrogens with one attached hydrogen (secondary N) is 1. The Balaban J connectivity index is 1.50. The summed E-state index contributed by atoms with van der Waals surface area (Å²) in [6, 6.07) is 14.6. The molecular weight excluding hydrogens is 451 g/mol. The largest absolute Gasteiger partial charge is 0.419 e. The highest BCUT2D eigenvalue weighted by Gasteiger charge is 2.21. The third-order valence-corrected chi connectivity index (χ3v) is 5.60. The fourth-order valence-corrected chi connectivity index (χ4v) is 3.85. The van der Waals surface area contributed by atoms with E-state index in [0.717, 1.165) is 0 Å². The molecule has 10 heteroatoms. The molecule has 0 saturated heterocycles. The van der Waals surface area contributed by atoms with Gasteiger partial charge in [-0.25, -0.2) is 13.9 Å². The number of halogens is 1. The zero-order valence-corrected chi connectivity index (χ0v) is 19.2. The normalized spacial score (nSPS) is 11.4. The monoisotopic (exact) mass is 474 g/mol. The first-order valence-corrected chi connectivity index (χ1v) is 11.0. The van der Waals surface area contributed by atoms with E-state index in [4.69, 9.17) is 4.42 Å². The molecule has 0 aliphatic rings. The van der Waals surface area contributed by atoms with Crippen molar-refractivity contribution in [2.75, 3.05) is 26.0 Å². The summed E-state index contributed by atoms with van der Waals surface area (Å²) in [5.41, 5.74) is 2.49. The first-order valence-electron chi connectivity index (χ1n) is 11.0. The van der Waals surface area contributed by atoms with E-state index in [9.17, 15) is 14.0 Å². The van der Waals surface area contributed by atoms with Crippen molar-refractivity contribution in [3.63, 3.8) is 0 Å². The van der Waals surface area contributed by atoms with Gasteiger partial charge >= 0.3 is 5.76 Å². The van der Waals surface area contributed by atoms with Gasteiger partial charge in [-0.3, -0.25) is 9.36 Å². The second-order valence-electron chi connectivity index (χ2n) is 8.32. The first kappa shape index (κ1) is 22.4. The highest BCUT2D eigenvalue weighted by atomic mass is 19.1. The number of amides is 1. The molecular formula is C25H23FN6O3. The Morgan fingerprint density at radius 3 is 2.57 bits per heavy atom. The molecule has 0 spiro atoms. The Bertz CT molecular complexity index is 1540. The zero-order chi connectivity index (χ0) is 24.5. The SMILES string of the molecule is CN(C)CCn1c(=O)oc2ccc(NC(=O)c3cnn(-c4ccc(F)cc4)c3-n3cccc3)cc21. The van der Waals surface area contributed by atoms with E-state index < -0.39 is 5.76 Å². The molecule has 35 heavy (non-hydrogen) atoms. The summed E-state index contributed by atoms with van der Waals surface area (Å²) < 4.78 is 23.7. The van der Waals surface area contributed by atoms with E-state index in [0.29, 0.717) is 46.9 Å². The van der Waals surface area contributed by atoms with Crippen molar-refractivity contribution in [1.82, 2.24) is 23.8 Å². The van der Waals surface area contributed by atoms with E-state index in [1.54, 1.807) is 56.5 Å². The molecule has 5 aromatic rings. The summed E-state index contributed by atoms with van der Waals surface area (Å²) in [5, 5.41) is 7.29. The fourth-order valence-electron chi connectivity index (χ4n) is 3.85. The minimum atomic E-state index is -0.444.